The molecule has 0 spiro atoms. The van der Waals surface area contributed by atoms with Gasteiger partial charge in [0.1, 0.15) is 5.75 Å². The summed E-state index contributed by atoms with van der Waals surface area (Å²) in [7, 11) is 0. The minimum atomic E-state index is -0.389. The third-order valence-corrected chi connectivity index (χ3v) is 2.44. The van der Waals surface area contributed by atoms with E-state index in [2.05, 4.69) is 0 Å². The van der Waals surface area contributed by atoms with Crippen LogP contribution in [0.3, 0.4) is 0 Å². The number of Topliss-reactive ketones (excluding diaryl/α,β-unsaturated/α-hetero) is 1. The number of carbonyl (C=O) groups is 1. The Balaban J connectivity index is 2.15. The Morgan fingerprint density at radius 1 is 1.40 bits per heavy atom. The number of rotatable bonds is 3. The van der Waals surface area contributed by atoms with E-state index >= 15 is 0 Å². The predicted octanol–water partition coefficient (Wildman–Crippen LogP) is 2.83. The SMILES string of the molecule is CCCC(=O)C1C=Cc2ccccc2O1. The summed E-state index contributed by atoms with van der Waals surface area (Å²) in [5.41, 5.74) is 1.04. The number of ketones is 1. The van der Waals surface area contributed by atoms with Crippen molar-refractivity contribution in [2.45, 2.75) is 25.9 Å². The van der Waals surface area contributed by atoms with Crippen LogP contribution >= 0.6 is 0 Å². The molecule has 1 aliphatic heterocycles. The molecule has 0 fully saturated rings. The van der Waals surface area contributed by atoms with Gasteiger partial charge in [-0.3, -0.25) is 4.79 Å². The highest BCUT2D eigenvalue weighted by molar-refractivity contribution is 5.87. The van der Waals surface area contributed by atoms with Gasteiger partial charge in [0, 0.05) is 12.0 Å². The van der Waals surface area contributed by atoms with Gasteiger partial charge in [-0.25, -0.2) is 0 Å². The van der Waals surface area contributed by atoms with E-state index in [0.29, 0.717) is 6.42 Å². The molecule has 0 saturated heterocycles. The van der Waals surface area contributed by atoms with Crippen molar-refractivity contribution in [1.82, 2.24) is 0 Å². The Kier molecular flexibility index (Phi) is 2.86. The lowest BCUT2D eigenvalue weighted by Gasteiger charge is -2.20. The lowest BCUT2D eigenvalue weighted by Crippen LogP contribution is -2.26. The molecule has 1 aromatic rings. The fourth-order valence-corrected chi connectivity index (χ4v) is 1.65. The molecule has 78 valence electrons. The summed E-state index contributed by atoms with van der Waals surface area (Å²) >= 11 is 0. The standard InChI is InChI=1S/C13H14O2/c1-2-5-11(14)13-9-8-10-6-3-4-7-12(10)15-13/h3-4,6-9,13H,2,5H2,1H3. The van der Waals surface area contributed by atoms with Crippen LogP contribution in [-0.4, -0.2) is 11.9 Å². The van der Waals surface area contributed by atoms with Gasteiger partial charge in [0.05, 0.1) is 0 Å². The second kappa shape index (κ2) is 4.30. The molecule has 1 aromatic carbocycles. The first-order chi connectivity index (χ1) is 7.31. The summed E-state index contributed by atoms with van der Waals surface area (Å²) in [6.07, 6.45) is 4.85. The highest BCUT2D eigenvalue weighted by Crippen LogP contribution is 2.25. The van der Waals surface area contributed by atoms with Crippen molar-refractivity contribution in [3.8, 4) is 5.75 Å². The van der Waals surface area contributed by atoms with E-state index in [4.69, 9.17) is 4.74 Å². The average Bonchev–Trinajstić information content (AvgIpc) is 2.29. The Bertz CT molecular complexity index is 393. The minimum Gasteiger partial charge on any atom is -0.478 e. The van der Waals surface area contributed by atoms with Gasteiger partial charge in [-0.2, -0.15) is 0 Å². The number of fused-ring (bicyclic) bond motifs is 1. The summed E-state index contributed by atoms with van der Waals surface area (Å²) in [6, 6.07) is 7.75. The van der Waals surface area contributed by atoms with E-state index in [0.717, 1.165) is 17.7 Å². The molecule has 2 heteroatoms. The number of para-hydroxylation sites is 1. The number of hydrogen-bond donors (Lipinski definition) is 0. The minimum absolute atomic E-state index is 0.156. The number of carbonyl (C=O) groups excluding carboxylic acids is 1. The van der Waals surface area contributed by atoms with E-state index in [1.165, 1.54) is 0 Å². The molecule has 0 N–H and O–H groups in total. The van der Waals surface area contributed by atoms with Crippen LogP contribution in [0, 0.1) is 0 Å². The highest BCUT2D eigenvalue weighted by atomic mass is 16.5. The van der Waals surface area contributed by atoms with Gasteiger partial charge in [0.25, 0.3) is 0 Å². The molecule has 0 amide bonds. The average molecular weight is 202 g/mol. The zero-order valence-corrected chi connectivity index (χ0v) is 8.77. The van der Waals surface area contributed by atoms with E-state index in [1.54, 1.807) is 0 Å². The Morgan fingerprint density at radius 3 is 3.00 bits per heavy atom. The summed E-state index contributed by atoms with van der Waals surface area (Å²) in [5, 5.41) is 0. The molecular formula is C13H14O2. The van der Waals surface area contributed by atoms with Crippen LogP contribution in [-0.2, 0) is 4.79 Å². The van der Waals surface area contributed by atoms with Crippen LogP contribution in [0.15, 0.2) is 30.3 Å². The summed E-state index contributed by atoms with van der Waals surface area (Å²) < 4.78 is 5.61. The molecule has 1 heterocycles. The van der Waals surface area contributed by atoms with Crippen molar-refractivity contribution < 1.29 is 9.53 Å². The topological polar surface area (TPSA) is 26.3 Å². The number of hydrogen-bond acceptors (Lipinski definition) is 2. The van der Waals surface area contributed by atoms with Gasteiger partial charge >= 0.3 is 0 Å². The van der Waals surface area contributed by atoms with Crippen LogP contribution < -0.4 is 4.74 Å². The third kappa shape index (κ3) is 2.09. The fraction of sp³-hybridized carbons (Fsp3) is 0.308. The molecule has 1 aliphatic rings. The van der Waals surface area contributed by atoms with Gasteiger partial charge in [0.2, 0.25) is 0 Å². The van der Waals surface area contributed by atoms with Crippen LogP contribution in [0.1, 0.15) is 25.3 Å². The second-order valence-electron chi connectivity index (χ2n) is 3.65. The molecule has 0 aliphatic carbocycles. The molecule has 1 unspecified atom stereocenters. The first-order valence-corrected chi connectivity index (χ1v) is 5.28. The van der Waals surface area contributed by atoms with Crippen LogP contribution in [0.4, 0.5) is 0 Å². The maximum Gasteiger partial charge on any atom is 0.177 e. The summed E-state index contributed by atoms with van der Waals surface area (Å²) in [5.74, 6) is 0.956. The molecule has 15 heavy (non-hydrogen) atoms. The van der Waals surface area contributed by atoms with Crippen LogP contribution in [0.25, 0.3) is 6.08 Å². The van der Waals surface area contributed by atoms with Gasteiger partial charge in [-0.1, -0.05) is 31.2 Å². The zero-order chi connectivity index (χ0) is 10.7. The van der Waals surface area contributed by atoms with Crippen LogP contribution in [0.2, 0.25) is 0 Å². The number of benzene rings is 1. The highest BCUT2D eigenvalue weighted by Gasteiger charge is 2.20. The Labute approximate surface area is 89.6 Å². The van der Waals surface area contributed by atoms with Gasteiger partial charge in [-0.05, 0) is 18.6 Å². The first kappa shape index (κ1) is 9.97. The van der Waals surface area contributed by atoms with Crippen LogP contribution in [0.5, 0.6) is 5.75 Å². The summed E-state index contributed by atoms with van der Waals surface area (Å²) in [6.45, 7) is 2.00. The Morgan fingerprint density at radius 2 is 2.20 bits per heavy atom. The van der Waals surface area contributed by atoms with Gasteiger partial charge in [-0.15, -0.1) is 0 Å². The molecule has 2 nitrogen and oxygen atoms in total. The second-order valence-corrected chi connectivity index (χ2v) is 3.65. The maximum absolute atomic E-state index is 11.6. The largest absolute Gasteiger partial charge is 0.478 e. The fourth-order valence-electron chi connectivity index (χ4n) is 1.65. The quantitative estimate of drug-likeness (QED) is 0.753. The first-order valence-electron chi connectivity index (χ1n) is 5.28. The van der Waals surface area contributed by atoms with Crippen molar-refractivity contribution in [3.05, 3.63) is 35.9 Å². The molecule has 0 radical (unpaired) electrons. The molecule has 0 aromatic heterocycles. The van der Waals surface area contributed by atoms with E-state index in [-0.39, 0.29) is 11.9 Å². The van der Waals surface area contributed by atoms with Crippen molar-refractivity contribution in [2.24, 2.45) is 0 Å². The van der Waals surface area contributed by atoms with E-state index < -0.39 is 0 Å². The molecule has 0 saturated carbocycles. The van der Waals surface area contributed by atoms with E-state index in [9.17, 15) is 4.79 Å². The molecule has 2 rings (SSSR count). The van der Waals surface area contributed by atoms with Crippen molar-refractivity contribution >= 4 is 11.9 Å². The van der Waals surface area contributed by atoms with Gasteiger partial charge in [0.15, 0.2) is 11.9 Å². The molecule has 0 bridgehead atoms. The van der Waals surface area contributed by atoms with Crippen molar-refractivity contribution in [1.29, 1.82) is 0 Å². The maximum atomic E-state index is 11.6. The zero-order valence-electron chi connectivity index (χ0n) is 8.77. The molecular weight excluding hydrogens is 188 g/mol. The summed E-state index contributed by atoms with van der Waals surface area (Å²) in [4.78, 5) is 11.6. The van der Waals surface area contributed by atoms with Crippen molar-refractivity contribution in [2.75, 3.05) is 0 Å². The van der Waals surface area contributed by atoms with Gasteiger partial charge < -0.3 is 4.74 Å². The smallest absolute Gasteiger partial charge is 0.177 e. The van der Waals surface area contributed by atoms with E-state index in [1.807, 2.05) is 43.3 Å². The lowest BCUT2D eigenvalue weighted by molar-refractivity contribution is -0.124. The normalized spacial score (nSPS) is 18.1. The monoisotopic (exact) mass is 202 g/mol. The Hall–Kier alpha value is -1.57. The molecule has 1 atom stereocenters. The van der Waals surface area contributed by atoms with Crippen molar-refractivity contribution in [3.63, 3.8) is 0 Å². The number of ether oxygens (including phenoxy) is 1. The third-order valence-electron chi connectivity index (χ3n) is 2.44. The lowest BCUT2D eigenvalue weighted by atomic mass is 10.1. The predicted molar refractivity (Wildman–Crippen MR) is 59.8 cm³/mol.